The van der Waals surface area contributed by atoms with Gasteiger partial charge in [0.05, 0.1) is 37.8 Å². The van der Waals surface area contributed by atoms with Crippen LogP contribution in [0.1, 0.15) is 26.2 Å². The molecule has 7 nitrogen and oxygen atoms in total. The molecule has 0 aliphatic carbocycles. The average Bonchev–Trinajstić information content (AvgIpc) is 2.96. The fourth-order valence-electron chi connectivity index (χ4n) is 3.71. The predicted octanol–water partition coefficient (Wildman–Crippen LogP) is 1.60. The number of imide groups is 1. The van der Waals surface area contributed by atoms with E-state index in [1.54, 1.807) is 31.2 Å². The second kappa shape index (κ2) is 7.86. The van der Waals surface area contributed by atoms with Gasteiger partial charge >= 0.3 is 5.97 Å². The molecule has 2 heterocycles. The molecule has 0 spiro atoms. The molecule has 0 bridgehead atoms. The molecule has 2 amide bonds. The molecule has 7 heteroatoms. The first-order valence-corrected chi connectivity index (χ1v) is 8.97. The molecule has 140 valence electrons. The van der Waals surface area contributed by atoms with Crippen molar-refractivity contribution in [1.82, 2.24) is 4.90 Å². The minimum atomic E-state index is -0.537. The molecule has 0 unspecified atom stereocenters. The molecular weight excluding hydrogens is 336 g/mol. The van der Waals surface area contributed by atoms with Crippen molar-refractivity contribution in [3.05, 3.63) is 24.3 Å². The monoisotopic (exact) mass is 360 g/mol. The van der Waals surface area contributed by atoms with Gasteiger partial charge in [0.1, 0.15) is 5.75 Å². The summed E-state index contributed by atoms with van der Waals surface area (Å²) in [6.07, 6.45) is 1.67. The van der Waals surface area contributed by atoms with Gasteiger partial charge in [0, 0.05) is 6.54 Å². The van der Waals surface area contributed by atoms with Crippen molar-refractivity contribution in [3.63, 3.8) is 0 Å². The van der Waals surface area contributed by atoms with Crippen LogP contribution in [0.3, 0.4) is 0 Å². The lowest BCUT2D eigenvalue weighted by molar-refractivity contribution is -0.150. The number of rotatable bonds is 5. The SMILES string of the molecule is CCOC(=O)[C@H]1CCCN([C@H]2CC(=O)N(c3ccccc3OC)C2=O)C1. The van der Waals surface area contributed by atoms with E-state index in [1.165, 1.54) is 12.0 Å². The summed E-state index contributed by atoms with van der Waals surface area (Å²) in [6.45, 7) is 3.27. The standard InChI is InChI=1S/C19H24N2O5/c1-3-26-19(24)13-7-6-10-20(12-13)15-11-17(22)21(18(15)23)14-8-4-5-9-16(14)25-2/h4-5,8-9,13,15H,3,6-7,10-12H2,1-2H3/t13-,15-/m0/s1. The second-order valence-electron chi connectivity index (χ2n) is 6.55. The summed E-state index contributed by atoms with van der Waals surface area (Å²) in [6, 6.07) is 6.45. The maximum atomic E-state index is 13.0. The Balaban J connectivity index is 1.77. The van der Waals surface area contributed by atoms with Crippen molar-refractivity contribution < 1.29 is 23.9 Å². The van der Waals surface area contributed by atoms with Crippen LogP contribution in [0.4, 0.5) is 5.69 Å². The van der Waals surface area contributed by atoms with Crippen LogP contribution >= 0.6 is 0 Å². The first-order chi connectivity index (χ1) is 12.6. The van der Waals surface area contributed by atoms with E-state index in [-0.39, 0.29) is 30.1 Å². The van der Waals surface area contributed by atoms with Gasteiger partial charge in [0.25, 0.3) is 5.91 Å². The number of hydrogen-bond donors (Lipinski definition) is 0. The van der Waals surface area contributed by atoms with Crippen LogP contribution in [-0.2, 0) is 19.1 Å². The fourth-order valence-corrected chi connectivity index (χ4v) is 3.71. The number of nitrogens with zero attached hydrogens (tertiary/aromatic N) is 2. The Labute approximate surface area is 152 Å². The van der Waals surface area contributed by atoms with E-state index in [9.17, 15) is 14.4 Å². The van der Waals surface area contributed by atoms with Gasteiger partial charge in [-0.15, -0.1) is 0 Å². The number of carbonyl (C=O) groups excluding carboxylic acids is 3. The van der Waals surface area contributed by atoms with Crippen LogP contribution in [0, 0.1) is 5.92 Å². The van der Waals surface area contributed by atoms with Crippen molar-refractivity contribution in [1.29, 1.82) is 0 Å². The summed E-state index contributed by atoms with van der Waals surface area (Å²) < 4.78 is 10.4. The van der Waals surface area contributed by atoms with E-state index in [0.717, 1.165) is 12.8 Å². The third kappa shape index (κ3) is 3.44. The van der Waals surface area contributed by atoms with E-state index < -0.39 is 6.04 Å². The molecule has 2 fully saturated rings. The van der Waals surface area contributed by atoms with Gasteiger partial charge in [-0.05, 0) is 38.4 Å². The molecule has 2 aliphatic heterocycles. The van der Waals surface area contributed by atoms with Crippen LogP contribution in [0.5, 0.6) is 5.75 Å². The molecule has 0 radical (unpaired) electrons. The summed E-state index contributed by atoms with van der Waals surface area (Å²) in [5.74, 6) is -0.493. The lowest BCUT2D eigenvalue weighted by atomic mass is 9.96. The number of piperidine rings is 1. The Morgan fingerprint density at radius 1 is 1.27 bits per heavy atom. The molecule has 26 heavy (non-hydrogen) atoms. The third-order valence-electron chi connectivity index (χ3n) is 4.96. The van der Waals surface area contributed by atoms with Gasteiger partial charge in [0.2, 0.25) is 5.91 Å². The highest BCUT2D eigenvalue weighted by Crippen LogP contribution is 2.34. The van der Waals surface area contributed by atoms with E-state index in [2.05, 4.69) is 0 Å². The van der Waals surface area contributed by atoms with Crippen LogP contribution in [-0.4, -0.2) is 55.5 Å². The molecular formula is C19H24N2O5. The summed E-state index contributed by atoms with van der Waals surface area (Å²) in [7, 11) is 1.51. The van der Waals surface area contributed by atoms with Gasteiger partial charge in [-0.3, -0.25) is 19.3 Å². The summed E-state index contributed by atoms with van der Waals surface area (Å²) >= 11 is 0. The zero-order valence-corrected chi connectivity index (χ0v) is 15.1. The van der Waals surface area contributed by atoms with Gasteiger partial charge < -0.3 is 9.47 Å². The number of methoxy groups -OCH3 is 1. The lowest BCUT2D eigenvalue weighted by Gasteiger charge is -2.34. The number of benzene rings is 1. The molecule has 1 aromatic carbocycles. The summed E-state index contributed by atoms with van der Waals surface area (Å²) in [5, 5.41) is 0. The molecule has 2 saturated heterocycles. The number of amides is 2. The molecule has 2 aliphatic rings. The van der Waals surface area contributed by atoms with Crippen molar-refractivity contribution in [3.8, 4) is 5.75 Å². The van der Waals surface area contributed by atoms with Crippen LogP contribution in [0.2, 0.25) is 0 Å². The molecule has 2 atom stereocenters. The van der Waals surface area contributed by atoms with Crippen LogP contribution in [0.25, 0.3) is 0 Å². The fraction of sp³-hybridized carbons (Fsp3) is 0.526. The minimum absolute atomic E-state index is 0.117. The normalized spacial score (nSPS) is 24.0. The zero-order chi connectivity index (χ0) is 18.7. The molecule has 0 N–H and O–H groups in total. The van der Waals surface area contributed by atoms with Gasteiger partial charge in [-0.2, -0.15) is 0 Å². The highest BCUT2D eigenvalue weighted by atomic mass is 16.5. The predicted molar refractivity (Wildman–Crippen MR) is 94.8 cm³/mol. The molecule has 1 aromatic rings. The van der Waals surface area contributed by atoms with E-state index in [4.69, 9.17) is 9.47 Å². The summed E-state index contributed by atoms with van der Waals surface area (Å²) in [5.41, 5.74) is 0.464. The highest BCUT2D eigenvalue weighted by Gasteiger charge is 2.45. The van der Waals surface area contributed by atoms with Gasteiger partial charge in [-0.25, -0.2) is 4.90 Å². The molecule has 0 saturated carbocycles. The second-order valence-corrected chi connectivity index (χ2v) is 6.55. The topological polar surface area (TPSA) is 76.2 Å². The van der Waals surface area contributed by atoms with E-state index in [0.29, 0.717) is 31.1 Å². The zero-order valence-electron chi connectivity index (χ0n) is 15.1. The van der Waals surface area contributed by atoms with Crippen molar-refractivity contribution >= 4 is 23.5 Å². The van der Waals surface area contributed by atoms with Crippen molar-refractivity contribution in [2.45, 2.75) is 32.2 Å². The van der Waals surface area contributed by atoms with Crippen LogP contribution < -0.4 is 9.64 Å². The Morgan fingerprint density at radius 3 is 2.77 bits per heavy atom. The number of anilines is 1. The number of likely N-dealkylation sites (tertiary alicyclic amines) is 1. The Morgan fingerprint density at radius 2 is 2.04 bits per heavy atom. The number of carbonyl (C=O) groups is 3. The average molecular weight is 360 g/mol. The lowest BCUT2D eigenvalue weighted by Crippen LogP contribution is -2.48. The third-order valence-corrected chi connectivity index (χ3v) is 4.96. The largest absolute Gasteiger partial charge is 0.495 e. The maximum Gasteiger partial charge on any atom is 0.310 e. The van der Waals surface area contributed by atoms with E-state index >= 15 is 0 Å². The first kappa shape index (κ1) is 18.4. The minimum Gasteiger partial charge on any atom is -0.495 e. The van der Waals surface area contributed by atoms with E-state index in [1.807, 2.05) is 4.90 Å². The molecule has 0 aromatic heterocycles. The van der Waals surface area contributed by atoms with Crippen LogP contribution in [0.15, 0.2) is 24.3 Å². The number of ether oxygens (including phenoxy) is 2. The number of para-hydroxylation sites is 2. The maximum absolute atomic E-state index is 13.0. The summed E-state index contributed by atoms with van der Waals surface area (Å²) in [4.78, 5) is 40.7. The quantitative estimate of drug-likeness (QED) is 0.586. The van der Waals surface area contributed by atoms with Gasteiger partial charge in [0.15, 0.2) is 0 Å². The number of esters is 1. The van der Waals surface area contributed by atoms with Gasteiger partial charge in [-0.1, -0.05) is 12.1 Å². The van der Waals surface area contributed by atoms with Crippen molar-refractivity contribution in [2.24, 2.45) is 5.92 Å². The smallest absolute Gasteiger partial charge is 0.310 e. The number of hydrogen-bond acceptors (Lipinski definition) is 6. The molecule has 3 rings (SSSR count). The Hall–Kier alpha value is -2.41. The Bertz CT molecular complexity index is 705. The Kier molecular flexibility index (Phi) is 5.56. The van der Waals surface area contributed by atoms with Crippen molar-refractivity contribution in [2.75, 3.05) is 31.7 Å². The first-order valence-electron chi connectivity index (χ1n) is 8.97. The highest BCUT2D eigenvalue weighted by molar-refractivity contribution is 6.23.